The van der Waals surface area contributed by atoms with Crippen LogP contribution in [0.4, 0.5) is 0 Å². The molecule has 0 saturated carbocycles. The van der Waals surface area contributed by atoms with Gasteiger partial charge in [0.1, 0.15) is 10.8 Å². The first-order valence-electron chi connectivity index (χ1n) is 7.29. The first-order valence-corrected chi connectivity index (χ1v) is 8.17. The highest BCUT2D eigenvalue weighted by atomic mass is 32.1. The Labute approximate surface area is 138 Å². The number of benzene rings is 2. The Bertz CT molecular complexity index is 800. The molecule has 0 aliphatic rings. The van der Waals surface area contributed by atoms with E-state index in [1.807, 2.05) is 35.7 Å². The summed E-state index contributed by atoms with van der Waals surface area (Å²) < 4.78 is 0. The predicted octanol–water partition coefficient (Wildman–Crippen LogP) is 3.49. The van der Waals surface area contributed by atoms with Crippen molar-refractivity contribution in [2.75, 3.05) is 6.54 Å². The molecule has 0 radical (unpaired) electrons. The van der Waals surface area contributed by atoms with Gasteiger partial charge in [-0.15, -0.1) is 11.3 Å². The molecule has 0 aliphatic heterocycles. The van der Waals surface area contributed by atoms with Crippen molar-refractivity contribution < 1.29 is 9.90 Å². The number of amides is 1. The molecule has 0 saturated heterocycles. The zero-order chi connectivity index (χ0) is 16.1. The molecule has 116 valence electrons. The Morgan fingerprint density at radius 1 is 1.13 bits per heavy atom. The highest BCUT2D eigenvalue weighted by Crippen LogP contribution is 2.23. The summed E-state index contributed by atoms with van der Waals surface area (Å²) in [5.41, 5.74) is 2.52. The smallest absolute Gasteiger partial charge is 0.251 e. The van der Waals surface area contributed by atoms with Gasteiger partial charge in [-0.3, -0.25) is 4.79 Å². The molecule has 0 unspecified atom stereocenters. The lowest BCUT2D eigenvalue weighted by molar-refractivity contribution is 0.0953. The lowest BCUT2D eigenvalue weighted by Crippen LogP contribution is -2.25. The predicted molar refractivity (Wildman–Crippen MR) is 91.7 cm³/mol. The number of thiazole rings is 1. The number of carbonyl (C=O) groups excluding carboxylic acids is 1. The molecule has 0 bridgehead atoms. The van der Waals surface area contributed by atoms with Crippen molar-refractivity contribution in [3.8, 4) is 16.3 Å². The van der Waals surface area contributed by atoms with Gasteiger partial charge in [0.2, 0.25) is 0 Å². The molecule has 4 nitrogen and oxygen atoms in total. The topological polar surface area (TPSA) is 62.2 Å². The molecule has 2 N–H and O–H groups in total. The zero-order valence-corrected chi connectivity index (χ0v) is 13.2. The molecule has 0 atom stereocenters. The lowest BCUT2D eigenvalue weighted by Gasteiger charge is -2.04. The van der Waals surface area contributed by atoms with Gasteiger partial charge in [-0.2, -0.15) is 0 Å². The minimum atomic E-state index is -0.195. The fourth-order valence-corrected chi connectivity index (χ4v) is 3.05. The van der Waals surface area contributed by atoms with E-state index in [-0.39, 0.29) is 11.7 Å². The normalized spacial score (nSPS) is 10.4. The number of carbonyl (C=O) groups is 1. The van der Waals surface area contributed by atoms with E-state index < -0.39 is 0 Å². The van der Waals surface area contributed by atoms with Gasteiger partial charge in [0.05, 0.1) is 5.69 Å². The van der Waals surface area contributed by atoms with Crippen LogP contribution in [-0.4, -0.2) is 22.5 Å². The molecular weight excluding hydrogens is 308 g/mol. The maximum absolute atomic E-state index is 12.0. The Hall–Kier alpha value is -2.66. The first kappa shape index (κ1) is 15.2. The monoisotopic (exact) mass is 324 g/mol. The average Bonchev–Trinajstić information content (AvgIpc) is 3.04. The third kappa shape index (κ3) is 3.96. The second kappa shape index (κ2) is 7.07. The van der Waals surface area contributed by atoms with Crippen LogP contribution in [0.15, 0.2) is 60.0 Å². The number of hydrogen-bond acceptors (Lipinski definition) is 4. The molecule has 23 heavy (non-hydrogen) atoms. The maximum Gasteiger partial charge on any atom is 0.251 e. The highest BCUT2D eigenvalue weighted by Gasteiger charge is 2.07. The average molecular weight is 324 g/mol. The van der Waals surface area contributed by atoms with E-state index >= 15 is 0 Å². The number of phenolic OH excluding ortho intramolecular Hbond substituents is 1. The summed E-state index contributed by atoms with van der Waals surface area (Å²) in [7, 11) is 0. The van der Waals surface area contributed by atoms with Crippen molar-refractivity contribution in [3.05, 3.63) is 71.2 Å². The van der Waals surface area contributed by atoms with Gasteiger partial charge in [-0.05, 0) is 18.2 Å². The van der Waals surface area contributed by atoms with Crippen molar-refractivity contribution in [2.24, 2.45) is 0 Å². The number of nitrogens with zero attached hydrogens (tertiary/aromatic N) is 1. The van der Waals surface area contributed by atoms with E-state index in [1.54, 1.807) is 23.5 Å². The van der Waals surface area contributed by atoms with Crippen molar-refractivity contribution in [2.45, 2.75) is 6.42 Å². The molecule has 1 amide bonds. The lowest BCUT2D eigenvalue weighted by atomic mass is 10.2. The van der Waals surface area contributed by atoms with Gasteiger partial charge in [-0.25, -0.2) is 4.98 Å². The molecule has 0 spiro atoms. The molecule has 1 aromatic heterocycles. The summed E-state index contributed by atoms with van der Waals surface area (Å²) in [6.45, 7) is 0.506. The molecule has 3 aromatic rings. The van der Waals surface area contributed by atoms with Crippen LogP contribution in [0.2, 0.25) is 0 Å². The van der Waals surface area contributed by atoms with Crippen LogP contribution in [0.3, 0.4) is 0 Å². The molecule has 0 aliphatic carbocycles. The third-order valence-corrected chi connectivity index (χ3v) is 4.29. The largest absolute Gasteiger partial charge is 0.508 e. The number of nitrogens with one attached hydrogen (secondary N) is 1. The Morgan fingerprint density at radius 3 is 2.74 bits per heavy atom. The summed E-state index contributed by atoms with van der Waals surface area (Å²) in [6.07, 6.45) is 0.674. The van der Waals surface area contributed by atoms with Gasteiger partial charge in [0.15, 0.2) is 0 Å². The number of aromatic hydroxyl groups is 1. The quantitative estimate of drug-likeness (QED) is 0.755. The summed E-state index contributed by atoms with van der Waals surface area (Å²) in [5, 5.41) is 15.2. The molecule has 3 rings (SSSR count). The fraction of sp³-hybridized carbons (Fsp3) is 0.111. The summed E-state index contributed by atoms with van der Waals surface area (Å²) in [4.78, 5) is 16.6. The second-order valence-corrected chi connectivity index (χ2v) is 5.92. The van der Waals surface area contributed by atoms with Crippen LogP contribution < -0.4 is 5.32 Å². The summed E-state index contributed by atoms with van der Waals surface area (Å²) in [6, 6.07) is 16.3. The van der Waals surface area contributed by atoms with Gasteiger partial charge < -0.3 is 10.4 Å². The minimum Gasteiger partial charge on any atom is -0.508 e. The molecule has 2 aromatic carbocycles. The number of hydrogen-bond donors (Lipinski definition) is 2. The number of rotatable bonds is 5. The molecule has 1 heterocycles. The standard InChI is InChI=1S/C18H16N2O2S/c21-16-8-4-7-14(11-16)17(22)19-10-9-15-12-23-18(20-15)13-5-2-1-3-6-13/h1-8,11-12,21H,9-10H2,(H,19,22). The van der Waals surface area contributed by atoms with Crippen molar-refractivity contribution in [1.82, 2.24) is 10.3 Å². The van der Waals surface area contributed by atoms with E-state index in [0.717, 1.165) is 16.3 Å². The van der Waals surface area contributed by atoms with E-state index in [2.05, 4.69) is 10.3 Å². The SMILES string of the molecule is O=C(NCCc1csc(-c2ccccc2)n1)c1cccc(O)c1. The van der Waals surface area contributed by atoms with Crippen LogP contribution >= 0.6 is 11.3 Å². The Morgan fingerprint density at radius 2 is 1.96 bits per heavy atom. The number of aromatic nitrogens is 1. The van der Waals surface area contributed by atoms with Gasteiger partial charge in [0.25, 0.3) is 5.91 Å². The van der Waals surface area contributed by atoms with Crippen LogP contribution in [0.1, 0.15) is 16.1 Å². The van der Waals surface area contributed by atoms with Gasteiger partial charge >= 0.3 is 0 Å². The molecule has 5 heteroatoms. The van der Waals surface area contributed by atoms with Gasteiger partial charge in [0, 0.05) is 29.5 Å². The first-order chi connectivity index (χ1) is 11.2. The maximum atomic E-state index is 12.0. The van der Waals surface area contributed by atoms with E-state index in [1.165, 1.54) is 12.1 Å². The second-order valence-electron chi connectivity index (χ2n) is 5.07. The third-order valence-electron chi connectivity index (χ3n) is 3.35. The van der Waals surface area contributed by atoms with E-state index in [4.69, 9.17) is 0 Å². The van der Waals surface area contributed by atoms with Crippen LogP contribution in [0, 0.1) is 0 Å². The molecular formula is C18H16N2O2S. The fourth-order valence-electron chi connectivity index (χ4n) is 2.19. The van der Waals surface area contributed by atoms with Crippen LogP contribution in [0.5, 0.6) is 5.75 Å². The summed E-state index contributed by atoms with van der Waals surface area (Å²) >= 11 is 1.60. The van der Waals surface area contributed by atoms with Crippen molar-refractivity contribution >= 4 is 17.2 Å². The van der Waals surface area contributed by atoms with Crippen molar-refractivity contribution in [3.63, 3.8) is 0 Å². The Kier molecular flexibility index (Phi) is 4.68. The van der Waals surface area contributed by atoms with Crippen molar-refractivity contribution in [1.29, 1.82) is 0 Å². The summed E-state index contributed by atoms with van der Waals surface area (Å²) in [5.74, 6) is -0.107. The van der Waals surface area contributed by atoms with Crippen LogP contribution in [0.25, 0.3) is 10.6 Å². The highest BCUT2D eigenvalue weighted by molar-refractivity contribution is 7.13. The Balaban J connectivity index is 1.55. The zero-order valence-electron chi connectivity index (χ0n) is 12.4. The van der Waals surface area contributed by atoms with E-state index in [0.29, 0.717) is 18.5 Å². The minimum absolute atomic E-state index is 0.0876. The van der Waals surface area contributed by atoms with E-state index in [9.17, 15) is 9.90 Å². The van der Waals surface area contributed by atoms with Crippen LogP contribution in [-0.2, 0) is 6.42 Å². The molecule has 0 fully saturated rings. The number of phenols is 1. The van der Waals surface area contributed by atoms with Gasteiger partial charge in [-0.1, -0.05) is 36.4 Å².